The lowest BCUT2D eigenvalue weighted by Crippen LogP contribution is -2.41. The van der Waals surface area contributed by atoms with Crippen molar-refractivity contribution >= 4 is 23.7 Å². The van der Waals surface area contributed by atoms with E-state index in [9.17, 15) is 19.2 Å². The molecule has 3 amide bonds. The second-order valence-electron chi connectivity index (χ2n) is 6.61. The van der Waals surface area contributed by atoms with Crippen LogP contribution in [-0.2, 0) is 27.2 Å². The summed E-state index contributed by atoms with van der Waals surface area (Å²) in [5.74, 6) is -1.30. The van der Waals surface area contributed by atoms with Crippen LogP contribution >= 0.6 is 0 Å². The van der Waals surface area contributed by atoms with Crippen molar-refractivity contribution in [3.63, 3.8) is 0 Å². The Morgan fingerprint density at radius 2 is 1.96 bits per heavy atom. The predicted octanol–water partition coefficient (Wildman–Crippen LogP) is 1.62. The minimum absolute atomic E-state index is 0.0305. The van der Waals surface area contributed by atoms with Crippen molar-refractivity contribution in [1.82, 2.24) is 10.2 Å². The molecule has 0 aromatic heterocycles. The SMILES string of the molecule is C[C@@H](OC(=O)CCC(=O)c1ccc2c(c1)CCC2)C(=O)N1CCNC1=O. The Bertz CT molecular complexity index is 758. The van der Waals surface area contributed by atoms with Crippen LogP contribution in [0.1, 0.15) is 47.7 Å². The molecule has 3 rings (SSSR count). The summed E-state index contributed by atoms with van der Waals surface area (Å²) >= 11 is 0. The van der Waals surface area contributed by atoms with Gasteiger partial charge >= 0.3 is 12.0 Å². The van der Waals surface area contributed by atoms with Crippen LogP contribution in [0.25, 0.3) is 0 Å². The standard InChI is InChI=1S/C19H22N2O5/c1-12(18(24)21-10-9-20-19(21)25)26-17(23)8-7-16(22)15-6-5-13-3-2-4-14(13)11-15/h5-6,11-12H,2-4,7-10H2,1H3,(H,20,25)/t12-/m1/s1. The van der Waals surface area contributed by atoms with Gasteiger partial charge in [0.2, 0.25) is 0 Å². The van der Waals surface area contributed by atoms with Crippen molar-refractivity contribution in [2.75, 3.05) is 13.1 Å². The number of amides is 3. The van der Waals surface area contributed by atoms with Crippen LogP contribution in [-0.4, -0.2) is 47.8 Å². The second kappa shape index (κ2) is 7.68. The zero-order valence-corrected chi connectivity index (χ0v) is 14.7. The number of Topliss-reactive ketones (excluding diaryl/α,β-unsaturated/α-hetero) is 1. The number of nitrogens with one attached hydrogen (secondary N) is 1. The minimum atomic E-state index is -1.05. The highest BCUT2D eigenvalue weighted by Crippen LogP contribution is 2.23. The second-order valence-corrected chi connectivity index (χ2v) is 6.61. The summed E-state index contributed by atoms with van der Waals surface area (Å²) in [6.07, 6.45) is 2.03. The molecule has 0 saturated carbocycles. The maximum absolute atomic E-state index is 12.3. The number of urea groups is 1. The molecule has 1 aliphatic heterocycles. The number of benzene rings is 1. The summed E-state index contributed by atoms with van der Waals surface area (Å²) in [7, 11) is 0. The number of ether oxygens (including phenoxy) is 1. The molecule has 0 bridgehead atoms. The molecular formula is C19H22N2O5. The molecule has 0 spiro atoms. The van der Waals surface area contributed by atoms with Crippen LogP contribution in [0.3, 0.4) is 0 Å². The Morgan fingerprint density at radius 1 is 1.19 bits per heavy atom. The Morgan fingerprint density at radius 3 is 2.69 bits per heavy atom. The number of aryl methyl sites for hydroxylation is 2. The monoisotopic (exact) mass is 358 g/mol. The summed E-state index contributed by atoms with van der Waals surface area (Å²) in [5, 5.41) is 2.52. The fraction of sp³-hybridized carbons (Fsp3) is 0.474. The average Bonchev–Trinajstić information content (AvgIpc) is 3.26. The van der Waals surface area contributed by atoms with E-state index in [4.69, 9.17) is 4.74 Å². The van der Waals surface area contributed by atoms with E-state index < -0.39 is 24.0 Å². The van der Waals surface area contributed by atoms with Gasteiger partial charge < -0.3 is 10.1 Å². The highest BCUT2D eigenvalue weighted by molar-refractivity contribution is 5.99. The summed E-state index contributed by atoms with van der Waals surface area (Å²) in [6.45, 7) is 2.07. The third-order valence-corrected chi connectivity index (χ3v) is 4.76. The number of carbonyl (C=O) groups is 4. The van der Waals surface area contributed by atoms with Crippen LogP contribution in [0.5, 0.6) is 0 Å². The number of esters is 1. The number of ketones is 1. The van der Waals surface area contributed by atoms with Crippen LogP contribution < -0.4 is 5.32 Å². The van der Waals surface area contributed by atoms with Crippen molar-refractivity contribution in [3.05, 3.63) is 34.9 Å². The summed E-state index contributed by atoms with van der Waals surface area (Å²) in [4.78, 5) is 48.8. The predicted molar refractivity (Wildman–Crippen MR) is 92.7 cm³/mol. The number of rotatable bonds is 6. The van der Waals surface area contributed by atoms with Crippen molar-refractivity contribution in [1.29, 1.82) is 0 Å². The molecule has 2 aliphatic rings. The Balaban J connectivity index is 1.48. The van der Waals surface area contributed by atoms with Crippen molar-refractivity contribution < 1.29 is 23.9 Å². The molecule has 0 unspecified atom stereocenters. The van der Waals surface area contributed by atoms with Crippen LogP contribution in [0.15, 0.2) is 18.2 Å². The van der Waals surface area contributed by atoms with Gasteiger partial charge in [0.1, 0.15) is 0 Å². The molecule has 138 valence electrons. The molecule has 26 heavy (non-hydrogen) atoms. The molecule has 1 fully saturated rings. The van der Waals surface area contributed by atoms with E-state index in [1.807, 2.05) is 12.1 Å². The van der Waals surface area contributed by atoms with E-state index >= 15 is 0 Å². The first-order valence-electron chi connectivity index (χ1n) is 8.89. The lowest BCUT2D eigenvalue weighted by atomic mass is 10.0. The quantitative estimate of drug-likeness (QED) is 0.616. The van der Waals surface area contributed by atoms with Crippen LogP contribution in [0.2, 0.25) is 0 Å². The minimum Gasteiger partial charge on any atom is -0.453 e. The van der Waals surface area contributed by atoms with Crippen molar-refractivity contribution in [3.8, 4) is 0 Å². The Hall–Kier alpha value is -2.70. The van der Waals surface area contributed by atoms with Crippen LogP contribution in [0, 0.1) is 0 Å². The van der Waals surface area contributed by atoms with Crippen LogP contribution in [0.4, 0.5) is 4.79 Å². The molecular weight excluding hydrogens is 336 g/mol. The number of nitrogens with zero attached hydrogens (tertiary/aromatic N) is 1. The van der Waals surface area contributed by atoms with E-state index in [0.29, 0.717) is 12.1 Å². The lowest BCUT2D eigenvalue weighted by molar-refractivity contribution is -0.157. The van der Waals surface area contributed by atoms with Gasteiger partial charge in [0.25, 0.3) is 5.91 Å². The molecule has 1 atom stereocenters. The maximum Gasteiger partial charge on any atom is 0.324 e. The van der Waals surface area contributed by atoms with Crippen molar-refractivity contribution in [2.45, 2.75) is 45.1 Å². The molecule has 1 aromatic carbocycles. The first-order chi connectivity index (χ1) is 12.5. The van der Waals surface area contributed by atoms with Gasteiger partial charge in [0.05, 0.1) is 6.42 Å². The molecule has 7 heteroatoms. The van der Waals surface area contributed by atoms with Gasteiger partial charge in [0, 0.05) is 25.1 Å². The fourth-order valence-electron chi connectivity index (χ4n) is 3.31. The van der Waals surface area contributed by atoms with E-state index in [0.717, 1.165) is 24.2 Å². The molecule has 1 heterocycles. The van der Waals surface area contributed by atoms with E-state index in [1.54, 1.807) is 6.07 Å². The summed E-state index contributed by atoms with van der Waals surface area (Å²) in [5.41, 5.74) is 3.11. The lowest BCUT2D eigenvalue weighted by Gasteiger charge is -2.18. The summed E-state index contributed by atoms with van der Waals surface area (Å²) < 4.78 is 5.07. The fourth-order valence-corrected chi connectivity index (χ4v) is 3.31. The van der Waals surface area contributed by atoms with E-state index in [-0.39, 0.29) is 25.2 Å². The van der Waals surface area contributed by atoms with E-state index in [2.05, 4.69) is 5.32 Å². The van der Waals surface area contributed by atoms with Gasteiger partial charge in [0.15, 0.2) is 11.9 Å². The third kappa shape index (κ3) is 3.92. The van der Waals surface area contributed by atoms with Crippen molar-refractivity contribution in [2.24, 2.45) is 0 Å². The van der Waals surface area contributed by atoms with E-state index in [1.165, 1.54) is 18.1 Å². The Labute approximate surface area is 151 Å². The number of carbonyl (C=O) groups excluding carboxylic acids is 4. The first-order valence-corrected chi connectivity index (χ1v) is 8.89. The van der Waals surface area contributed by atoms with Gasteiger partial charge in [-0.1, -0.05) is 12.1 Å². The summed E-state index contributed by atoms with van der Waals surface area (Å²) in [6, 6.07) is 5.21. The van der Waals surface area contributed by atoms with Gasteiger partial charge in [-0.05, 0) is 43.4 Å². The molecule has 1 aliphatic carbocycles. The highest BCUT2D eigenvalue weighted by Gasteiger charge is 2.31. The number of imide groups is 1. The average molecular weight is 358 g/mol. The van der Waals surface area contributed by atoms with Gasteiger partial charge in [-0.2, -0.15) is 0 Å². The normalized spacial score (nSPS) is 16.8. The first kappa shape index (κ1) is 18.1. The van der Waals surface area contributed by atoms with Gasteiger partial charge in [-0.3, -0.25) is 19.3 Å². The largest absolute Gasteiger partial charge is 0.453 e. The van der Waals surface area contributed by atoms with Gasteiger partial charge in [-0.15, -0.1) is 0 Å². The molecule has 7 nitrogen and oxygen atoms in total. The molecule has 1 N–H and O–H groups in total. The smallest absolute Gasteiger partial charge is 0.324 e. The number of hydrogen-bond acceptors (Lipinski definition) is 5. The topological polar surface area (TPSA) is 92.8 Å². The number of hydrogen-bond donors (Lipinski definition) is 1. The molecule has 1 aromatic rings. The highest BCUT2D eigenvalue weighted by atomic mass is 16.5. The molecule has 0 radical (unpaired) electrons. The maximum atomic E-state index is 12.3. The zero-order chi connectivity index (χ0) is 18.7. The number of fused-ring (bicyclic) bond motifs is 1. The zero-order valence-electron chi connectivity index (χ0n) is 14.7. The van der Waals surface area contributed by atoms with Gasteiger partial charge in [-0.25, -0.2) is 4.79 Å². The third-order valence-electron chi connectivity index (χ3n) is 4.76. The Kier molecular flexibility index (Phi) is 5.35. The molecule has 1 saturated heterocycles.